The minimum Gasteiger partial charge on any atom is -0.378 e. The Morgan fingerprint density at radius 1 is 1.30 bits per heavy atom. The zero-order valence-electron chi connectivity index (χ0n) is 11.7. The Hall–Kier alpha value is -2.08. The van der Waals surface area contributed by atoms with E-state index >= 15 is 0 Å². The molecule has 1 aromatic rings. The Kier molecular flexibility index (Phi) is 4.57. The molecule has 1 aliphatic heterocycles. The van der Waals surface area contributed by atoms with Gasteiger partial charge < -0.3 is 9.64 Å². The molecule has 1 fully saturated rings. The largest absolute Gasteiger partial charge is 0.378 e. The molecule has 0 aromatic heterocycles. The maximum Gasteiger partial charge on any atom is 0.269 e. The lowest BCUT2D eigenvalue weighted by Crippen LogP contribution is -2.46. The first kappa shape index (κ1) is 14.3. The Morgan fingerprint density at radius 3 is 2.75 bits per heavy atom. The lowest BCUT2D eigenvalue weighted by Gasteiger charge is -2.14. The van der Waals surface area contributed by atoms with Crippen LogP contribution in [0.5, 0.6) is 0 Å². The molecule has 6 heteroatoms. The number of hydrogen-bond acceptors (Lipinski definition) is 4. The number of nitrogens with one attached hydrogen (secondary N) is 2. The molecule has 0 unspecified atom stereocenters. The highest BCUT2D eigenvalue weighted by molar-refractivity contribution is 5.96. The molecule has 6 nitrogen and oxygen atoms in total. The first-order valence-electron chi connectivity index (χ1n) is 6.57. The van der Waals surface area contributed by atoms with Gasteiger partial charge in [-0.3, -0.25) is 20.4 Å². The van der Waals surface area contributed by atoms with Crippen molar-refractivity contribution >= 4 is 17.5 Å². The van der Waals surface area contributed by atoms with Crippen molar-refractivity contribution in [2.45, 2.75) is 18.9 Å². The van der Waals surface area contributed by atoms with Crippen LogP contribution in [-0.2, 0) is 9.53 Å². The van der Waals surface area contributed by atoms with Gasteiger partial charge in [-0.25, -0.2) is 0 Å². The van der Waals surface area contributed by atoms with Crippen molar-refractivity contribution < 1.29 is 14.3 Å². The van der Waals surface area contributed by atoms with Crippen molar-refractivity contribution in [3.8, 4) is 0 Å². The number of amides is 2. The highest BCUT2D eigenvalue weighted by Crippen LogP contribution is 2.13. The first-order chi connectivity index (χ1) is 9.58. The molecule has 0 saturated carbocycles. The van der Waals surface area contributed by atoms with E-state index in [0.29, 0.717) is 18.6 Å². The lowest BCUT2D eigenvalue weighted by atomic mass is 10.2. The summed E-state index contributed by atoms with van der Waals surface area (Å²) in [5.41, 5.74) is 6.21. The van der Waals surface area contributed by atoms with Crippen molar-refractivity contribution in [1.82, 2.24) is 10.9 Å². The number of hydrogen-bond donors (Lipinski definition) is 2. The third kappa shape index (κ3) is 3.48. The van der Waals surface area contributed by atoms with E-state index in [0.717, 1.165) is 12.1 Å². The maximum atomic E-state index is 12.0. The van der Waals surface area contributed by atoms with Crippen LogP contribution in [0.4, 0.5) is 5.69 Å². The lowest BCUT2D eigenvalue weighted by molar-refractivity contribution is -0.130. The van der Waals surface area contributed by atoms with Crippen molar-refractivity contribution in [2.75, 3.05) is 25.6 Å². The molecule has 1 atom stereocenters. The Balaban J connectivity index is 1.91. The van der Waals surface area contributed by atoms with Crippen LogP contribution in [-0.4, -0.2) is 38.6 Å². The van der Waals surface area contributed by atoms with Gasteiger partial charge in [0, 0.05) is 32.0 Å². The van der Waals surface area contributed by atoms with E-state index in [4.69, 9.17) is 4.74 Å². The molecule has 1 aromatic carbocycles. The zero-order valence-corrected chi connectivity index (χ0v) is 11.7. The van der Waals surface area contributed by atoms with Crippen molar-refractivity contribution in [1.29, 1.82) is 0 Å². The summed E-state index contributed by atoms with van der Waals surface area (Å²) < 4.78 is 5.23. The zero-order chi connectivity index (χ0) is 14.5. The standard InChI is InChI=1S/C14H19N3O3/c1-17(2)11-6-3-5-10(9-11)13(18)15-16-14(19)12-7-4-8-20-12/h3,5-6,9,12H,4,7-8H2,1-2H3,(H,15,18)(H,16,19)/t12-/m1/s1. The van der Waals surface area contributed by atoms with Crippen molar-refractivity contribution in [3.63, 3.8) is 0 Å². The summed E-state index contributed by atoms with van der Waals surface area (Å²) in [6, 6.07) is 7.15. The second kappa shape index (κ2) is 6.38. The van der Waals surface area contributed by atoms with E-state index in [1.807, 2.05) is 25.1 Å². The van der Waals surface area contributed by atoms with Gasteiger partial charge in [0.1, 0.15) is 6.10 Å². The average Bonchev–Trinajstić information content (AvgIpc) is 2.98. The average molecular weight is 277 g/mol. The number of carbonyl (C=O) groups is 2. The van der Waals surface area contributed by atoms with Gasteiger partial charge in [-0.15, -0.1) is 0 Å². The van der Waals surface area contributed by atoms with Gasteiger partial charge in [-0.05, 0) is 31.0 Å². The van der Waals surface area contributed by atoms with E-state index in [-0.39, 0.29) is 11.8 Å². The quantitative estimate of drug-likeness (QED) is 0.798. The van der Waals surface area contributed by atoms with Crippen LogP contribution in [0.15, 0.2) is 24.3 Å². The van der Waals surface area contributed by atoms with Gasteiger partial charge in [-0.2, -0.15) is 0 Å². The van der Waals surface area contributed by atoms with Gasteiger partial charge in [-0.1, -0.05) is 6.07 Å². The first-order valence-corrected chi connectivity index (χ1v) is 6.57. The summed E-state index contributed by atoms with van der Waals surface area (Å²) in [5, 5.41) is 0. The second-order valence-electron chi connectivity index (χ2n) is 4.89. The minimum atomic E-state index is -0.455. The van der Waals surface area contributed by atoms with Crippen LogP contribution in [0.1, 0.15) is 23.2 Å². The fourth-order valence-corrected chi connectivity index (χ4v) is 1.98. The molecule has 1 saturated heterocycles. The monoisotopic (exact) mass is 277 g/mol. The highest BCUT2D eigenvalue weighted by Gasteiger charge is 2.23. The van der Waals surface area contributed by atoms with E-state index in [1.54, 1.807) is 18.2 Å². The van der Waals surface area contributed by atoms with Crippen LogP contribution in [0.25, 0.3) is 0 Å². The van der Waals surface area contributed by atoms with E-state index < -0.39 is 6.10 Å². The molecular weight excluding hydrogens is 258 g/mol. The Morgan fingerprint density at radius 2 is 2.10 bits per heavy atom. The fraction of sp³-hybridized carbons (Fsp3) is 0.429. The second-order valence-corrected chi connectivity index (χ2v) is 4.89. The molecule has 2 amide bonds. The summed E-state index contributed by atoms with van der Waals surface area (Å²) in [7, 11) is 3.80. The molecule has 0 spiro atoms. The number of rotatable bonds is 3. The van der Waals surface area contributed by atoms with Crippen LogP contribution in [0.3, 0.4) is 0 Å². The molecule has 0 bridgehead atoms. The van der Waals surface area contributed by atoms with Crippen LogP contribution < -0.4 is 15.8 Å². The Bertz CT molecular complexity index is 496. The SMILES string of the molecule is CN(C)c1cccc(C(=O)NNC(=O)[C@H]2CCCO2)c1. The molecule has 2 N–H and O–H groups in total. The number of anilines is 1. The summed E-state index contributed by atoms with van der Waals surface area (Å²) in [4.78, 5) is 25.6. The van der Waals surface area contributed by atoms with Gasteiger partial charge in [0.25, 0.3) is 11.8 Å². The number of hydrazine groups is 1. The summed E-state index contributed by atoms with van der Waals surface area (Å²) in [6.45, 7) is 0.594. The molecule has 0 radical (unpaired) electrons. The van der Waals surface area contributed by atoms with Crippen molar-refractivity contribution in [2.24, 2.45) is 0 Å². The van der Waals surface area contributed by atoms with Crippen molar-refractivity contribution in [3.05, 3.63) is 29.8 Å². The third-order valence-corrected chi connectivity index (χ3v) is 3.15. The Labute approximate surface area is 118 Å². The highest BCUT2D eigenvalue weighted by atomic mass is 16.5. The van der Waals surface area contributed by atoms with Gasteiger partial charge in [0.15, 0.2) is 0 Å². The van der Waals surface area contributed by atoms with E-state index in [1.165, 1.54) is 0 Å². The van der Waals surface area contributed by atoms with Crippen LogP contribution in [0, 0.1) is 0 Å². The number of ether oxygens (including phenoxy) is 1. The van der Waals surface area contributed by atoms with E-state index in [2.05, 4.69) is 10.9 Å². The topological polar surface area (TPSA) is 70.7 Å². The molecule has 0 aliphatic carbocycles. The minimum absolute atomic E-state index is 0.306. The number of nitrogens with zero attached hydrogens (tertiary/aromatic N) is 1. The molecule has 1 aliphatic rings. The summed E-state index contributed by atoms with van der Waals surface area (Å²) >= 11 is 0. The molecule has 1 heterocycles. The molecule has 108 valence electrons. The molecule has 2 rings (SSSR count). The predicted octanol–water partition coefficient (Wildman–Crippen LogP) is 0.693. The van der Waals surface area contributed by atoms with Crippen LogP contribution in [0.2, 0.25) is 0 Å². The summed E-state index contributed by atoms with van der Waals surface area (Å²) in [5.74, 6) is -0.653. The van der Waals surface area contributed by atoms with Gasteiger partial charge >= 0.3 is 0 Å². The fourth-order valence-electron chi connectivity index (χ4n) is 1.98. The molecule has 20 heavy (non-hydrogen) atoms. The smallest absolute Gasteiger partial charge is 0.269 e. The van der Waals surface area contributed by atoms with E-state index in [9.17, 15) is 9.59 Å². The molecular formula is C14H19N3O3. The van der Waals surface area contributed by atoms with Gasteiger partial charge in [0.2, 0.25) is 0 Å². The number of carbonyl (C=O) groups excluding carboxylic acids is 2. The predicted molar refractivity (Wildman–Crippen MR) is 75.4 cm³/mol. The number of benzene rings is 1. The maximum absolute atomic E-state index is 12.0. The third-order valence-electron chi connectivity index (χ3n) is 3.15. The van der Waals surface area contributed by atoms with Gasteiger partial charge in [0.05, 0.1) is 0 Å². The van der Waals surface area contributed by atoms with Crippen LogP contribution >= 0.6 is 0 Å². The normalized spacial score (nSPS) is 17.6. The summed E-state index contributed by atoms with van der Waals surface area (Å²) in [6.07, 6.45) is 1.11.